The van der Waals surface area contributed by atoms with Gasteiger partial charge in [-0.05, 0) is 47.9 Å². The molecule has 1 fully saturated rings. The summed E-state index contributed by atoms with van der Waals surface area (Å²) in [6.45, 7) is 5.24. The number of hydrogen-bond acceptors (Lipinski definition) is 2. The molecule has 0 aromatic carbocycles. The summed E-state index contributed by atoms with van der Waals surface area (Å²) in [5.41, 5.74) is 0.732. The summed E-state index contributed by atoms with van der Waals surface area (Å²) in [7, 11) is 3.80. The highest BCUT2D eigenvalue weighted by Crippen LogP contribution is 2.19. The average Bonchev–Trinajstić information content (AvgIpc) is 2.94. The van der Waals surface area contributed by atoms with Crippen LogP contribution in [0.5, 0.6) is 0 Å². The van der Waals surface area contributed by atoms with Crippen molar-refractivity contribution in [1.82, 2.24) is 14.4 Å². The molecule has 0 spiro atoms. The van der Waals surface area contributed by atoms with Crippen LogP contribution in [-0.4, -0.2) is 53.0 Å². The van der Waals surface area contributed by atoms with Crippen LogP contribution in [0.4, 0.5) is 0 Å². The number of aromatic nitrogens is 1. The topological polar surface area (TPSA) is 28.5 Å². The first-order chi connectivity index (χ1) is 9.02. The molecule has 5 heteroatoms. The molecular weight excluding hydrogens is 306 g/mol. The lowest BCUT2D eigenvalue weighted by atomic mass is 10.2. The monoisotopic (exact) mass is 327 g/mol. The Kier molecular flexibility index (Phi) is 4.68. The highest BCUT2D eigenvalue weighted by Gasteiger charge is 2.26. The molecule has 1 aliphatic rings. The van der Waals surface area contributed by atoms with Gasteiger partial charge in [0, 0.05) is 37.4 Å². The summed E-state index contributed by atoms with van der Waals surface area (Å²) in [5.74, 6) is 0.0937. The van der Waals surface area contributed by atoms with Gasteiger partial charge in [0.05, 0.1) is 0 Å². The number of likely N-dealkylation sites (tertiary alicyclic amines) is 1. The summed E-state index contributed by atoms with van der Waals surface area (Å²) < 4.78 is 2.82. The Hall–Kier alpha value is -0.810. The van der Waals surface area contributed by atoms with Gasteiger partial charge in [0.2, 0.25) is 0 Å². The first-order valence-corrected chi connectivity index (χ1v) is 7.63. The molecule has 1 aromatic heterocycles. The lowest BCUT2D eigenvalue weighted by molar-refractivity contribution is 0.0745. The normalized spacial score (nSPS) is 19.9. The quantitative estimate of drug-likeness (QED) is 0.849. The second kappa shape index (κ2) is 6.09. The molecule has 1 saturated heterocycles. The van der Waals surface area contributed by atoms with Gasteiger partial charge in [-0.25, -0.2) is 0 Å². The van der Waals surface area contributed by atoms with E-state index in [4.69, 9.17) is 0 Å². The number of hydrogen-bond donors (Lipinski definition) is 0. The van der Waals surface area contributed by atoms with E-state index in [0.29, 0.717) is 6.04 Å². The van der Waals surface area contributed by atoms with Gasteiger partial charge in [-0.15, -0.1) is 0 Å². The summed E-state index contributed by atoms with van der Waals surface area (Å²) in [4.78, 5) is 16.7. The van der Waals surface area contributed by atoms with Crippen LogP contribution in [0, 0.1) is 0 Å². The van der Waals surface area contributed by atoms with Gasteiger partial charge in [-0.2, -0.15) is 0 Å². The molecule has 0 N–H and O–H groups in total. The minimum atomic E-state index is 0.0937. The summed E-state index contributed by atoms with van der Waals surface area (Å²) in [5, 5.41) is 0. The molecular formula is C14H22BrN3O. The molecule has 0 aliphatic carbocycles. The maximum absolute atomic E-state index is 12.4. The zero-order valence-electron chi connectivity index (χ0n) is 11.9. The third kappa shape index (κ3) is 3.20. The van der Waals surface area contributed by atoms with Crippen LogP contribution >= 0.6 is 15.9 Å². The minimum Gasteiger partial charge on any atom is -0.345 e. The Balaban J connectivity index is 2.01. The summed E-state index contributed by atoms with van der Waals surface area (Å²) in [6.07, 6.45) is 4.35. The van der Waals surface area contributed by atoms with Gasteiger partial charge < -0.3 is 9.47 Å². The standard InChI is InChI=1S/C14H22BrN3O/c1-4-18-7-5-6-12(18)10-17(3)14(19)13-8-11(15)9-16(13)2/h8-9,12H,4-7,10H2,1-3H3. The largest absolute Gasteiger partial charge is 0.345 e. The van der Waals surface area contributed by atoms with E-state index in [1.54, 1.807) is 0 Å². The Morgan fingerprint density at radius 3 is 2.89 bits per heavy atom. The third-order valence-electron chi connectivity index (χ3n) is 3.93. The molecule has 106 valence electrons. The van der Waals surface area contributed by atoms with Gasteiger partial charge in [-0.1, -0.05) is 6.92 Å². The predicted molar refractivity (Wildman–Crippen MR) is 80.3 cm³/mol. The number of rotatable bonds is 4. The van der Waals surface area contributed by atoms with Crippen molar-refractivity contribution >= 4 is 21.8 Å². The number of amides is 1. The van der Waals surface area contributed by atoms with Crippen molar-refractivity contribution in [2.75, 3.05) is 26.7 Å². The van der Waals surface area contributed by atoms with Crippen molar-refractivity contribution < 1.29 is 4.79 Å². The van der Waals surface area contributed by atoms with E-state index >= 15 is 0 Å². The van der Waals surface area contributed by atoms with Gasteiger partial charge in [0.25, 0.3) is 5.91 Å². The summed E-state index contributed by atoms with van der Waals surface area (Å²) >= 11 is 3.41. The number of halogens is 1. The molecule has 0 bridgehead atoms. The molecule has 4 nitrogen and oxygen atoms in total. The van der Waals surface area contributed by atoms with Crippen molar-refractivity contribution in [2.24, 2.45) is 7.05 Å². The Labute approximate surface area is 123 Å². The molecule has 2 heterocycles. The minimum absolute atomic E-state index is 0.0937. The fourth-order valence-electron chi connectivity index (χ4n) is 2.85. The van der Waals surface area contributed by atoms with Crippen molar-refractivity contribution in [3.63, 3.8) is 0 Å². The van der Waals surface area contributed by atoms with Gasteiger partial charge >= 0.3 is 0 Å². The van der Waals surface area contributed by atoms with Gasteiger partial charge in [-0.3, -0.25) is 9.69 Å². The van der Waals surface area contributed by atoms with E-state index < -0.39 is 0 Å². The van der Waals surface area contributed by atoms with E-state index in [1.165, 1.54) is 19.4 Å². The summed E-state index contributed by atoms with van der Waals surface area (Å²) in [6, 6.07) is 2.40. The van der Waals surface area contributed by atoms with Crippen molar-refractivity contribution in [1.29, 1.82) is 0 Å². The van der Waals surface area contributed by atoms with Crippen LogP contribution < -0.4 is 0 Å². The van der Waals surface area contributed by atoms with E-state index in [1.807, 2.05) is 35.8 Å². The lowest BCUT2D eigenvalue weighted by Crippen LogP contribution is -2.41. The van der Waals surface area contributed by atoms with Gasteiger partial charge in [0.1, 0.15) is 5.69 Å². The molecule has 0 radical (unpaired) electrons. The molecule has 2 rings (SSSR count). The first-order valence-electron chi connectivity index (χ1n) is 6.84. The number of nitrogens with zero attached hydrogens (tertiary/aromatic N) is 3. The number of likely N-dealkylation sites (N-methyl/N-ethyl adjacent to an activating group) is 2. The maximum atomic E-state index is 12.4. The van der Waals surface area contributed by atoms with E-state index in [2.05, 4.69) is 27.8 Å². The number of carbonyl (C=O) groups excluding carboxylic acids is 1. The molecule has 1 amide bonds. The van der Waals surface area contributed by atoms with E-state index in [9.17, 15) is 4.79 Å². The third-order valence-corrected chi connectivity index (χ3v) is 4.36. The molecule has 1 unspecified atom stereocenters. The van der Waals surface area contributed by atoms with E-state index in [0.717, 1.165) is 23.3 Å². The zero-order chi connectivity index (χ0) is 14.0. The van der Waals surface area contributed by atoms with Crippen molar-refractivity contribution in [3.8, 4) is 0 Å². The molecule has 1 aromatic rings. The lowest BCUT2D eigenvalue weighted by Gasteiger charge is -2.27. The Morgan fingerprint density at radius 2 is 2.32 bits per heavy atom. The van der Waals surface area contributed by atoms with Crippen LogP contribution in [-0.2, 0) is 7.05 Å². The smallest absolute Gasteiger partial charge is 0.270 e. The fourth-order valence-corrected chi connectivity index (χ4v) is 3.37. The molecule has 0 saturated carbocycles. The predicted octanol–water partition coefficient (Wildman–Crippen LogP) is 2.34. The maximum Gasteiger partial charge on any atom is 0.270 e. The number of aryl methyl sites for hydroxylation is 1. The Morgan fingerprint density at radius 1 is 1.58 bits per heavy atom. The Bertz CT molecular complexity index is 458. The fraction of sp³-hybridized carbons (Fsp3) is 0.643. The van der Waals surface area contributed by atoms with Crippen molar-refractivity contribution in [3.05, 3.63) is 22.4 Å². The zero-order valence-corrected chi connectivity index (χ0v) is 13.5. The van der Waals surface area contributed by atoms with Crippen LogP contribution in [0.25, 0.3) is 0 Å². The highest BCUT2D eigenvalue weighted by atomic mass is 79.9. The highest BCUT2D eigenvalue weighted by molar-refractivity contribution is 9.10. The van der Waals surface area contributed by atoms with Gasteiger partial charge in [0.15, 0.2) is 0 Å². The second-order valence-electron chi connectivity index (χ2n) is 5.26. The van der Waals surface area contributed by atoms with Crippen LogP contribution in [0.2, 0.25) is 0 Å². The van der Waals surface area contributed by atoms with Crippen molar-refractivity contribution in [2.45, 2.75) is 25.8 Å². The van der Waals surface area contributed by atoms with Crippen LogP contribution in [0.15, 0.2) is 16.7 Å². The molecule has 19 heavy (non-hydrogen) atoms. The SMILES string of the molecule is CCN1CCCC1CN(C)C(=O)c1cc(Br)cn1C. The average molecular weight is 328 g/mol. The van der Waals surface area contributed by atoms with Crippen LogP contribution in [0.1, 0.15) is 30.3 Å². The first kappa shape index (κ1) is 14.6. The molecule has 1 aliphatic heterocycles. The second-order valence-corrected chi connectivity index (χ2v) is 6.18. The number of carbonyl (C=O) groups is 1. The molecule has 1 atom stereocenters. The van der Waals surface area contributed by atoms with E-state index in [-0.39, 0.29) is 5.91 Å². The van der Waals surface area contributed by atoms with Crippen LogP contribution in [0.3, 0.4) is 0 Å².